The van der Waals surface area contributed by atoms with Gasteiger partial charge in [-0.3, -0.25) is 0 Å². The summed E-state index contributed by atoms with van der Waals surface area (Å²) in [5.41, 5.74) is 6.46. The zero-order chi connectivity index (χ0) is 12.5. The molecule has 1 atom stereocenters. The predicted octanol–water partition coefficient (Wildman–Crippen LogP) is 4.62. The molecule has 0 aromatic heterocycles. The van der Waals surface area contributed by atoms with E-state index in [0.717, 1.165) is 0 Å². The van der Waals surface area contributed by atoms with Crippen molar-refractivity contribution in [2.75, 3.05) is 0 Å². The standard InChI is InChI=1S/C17H17Si/c1-18(2)17-15-11-7-6-10-14(15)12-16(17)13-8-4-3-5-9-13/h3-12,17H,1-2H3. The fourth-order valence-electron chi connectivity index (χ4n) is 2.83. The minimum absolute atomic E-state index is 0.388. The van der Waals surface area contributed by atoms with Crippen molar-refractivity contribution in [2.45, 2.75) is 18.6 Å². The molecule has 1 radical (unpaired) electrons. The van der Waals surface area contributed by atoms with Crippen LogP contribution in [0, 0.1) is 0 Å². The topological polar surface area (TPSA) is 0 Å². The van der Waals surface area contributed by atoms with Gasteiger partial charge in [-0.25, -0.2) is 0 Å². The number of allylic oxidation sites excluding steroid dienone is 1. The molecular weight excluding hydrogens is 232 g/mol. The molecule has 1 unspecified atom stereocenters. The van der Waals surface area contributed by atoms with Crippen LogP contribution >= 0.6 is 0 Å². The Bertz CT molecular complexity index is 582. The van der Waals surface area contributed by atoms with Crippen LogP contribution in [0.15, 0.2) is 54.6 Å². The average Bonchev–Trinajstić information content (AvgIpc) is 2.79. The second kappa shape index (κ2) is 4.58. The lowest BCUT2D eigenvalue weighted by atomic mass is 10.0. The number of rotatable bonds is 2. The van der Waals surface area contributed by atoms with Gasteiger partial charge in [0.15, 0.2) is 0 Å². The predicted molar refractivity (Wildman–Crippen MR) is 81.0 cm³/mol. The van der Waals surface area contributed by atoms with Crippen LogP contribution in [0.4, 0.5) is 0 Å². The zero-order valence-electron chi connectivity index (χ0n) is 10.9. The van der Waals surface area contributed by atoms with Crippen LogP contribution in [0.2, 0.25) is 13.1 Å². The Hall–Kier alpha value is -1.60. The lowest BCUT2D eigenvalue weighted by Gasteiger charge is -2.20. The van der Waals surface area contributed by atoms with Crippen molar-refractivity contribution >= 4 is 20.4 Å². The summed E-state index contributed by atoms with van der Waals surface area (Å²) in [5, 5.41) is 0. The van der Waals surface area contributed by atoms with E-state index >= 15 is 0 Å². The Balaban J connectivity index is 2.12. The molecule has 0 spiro atoms. The van der Waals surface area contributed by atoms with E-state index < -0.39 is 0 Å². The molecule has 0 nitrogen and oxygen atoms in total. The summed E-state index contributed by atoms with van der Waals surface area (Å²) in [6.45, 7) is 4.82. The molecule has 2 aromatic carbocycles. The molecule has 0 saturated heterocycles. The highest BCUT2D eigenvalue weighted by molar-refractivity contribution is 6.60. The molecule has 0 fully saturated rings. The Morgan fingerprint density at radius 3 is 2.22 bits per heavy atom. The second-order valence-electron chi connectivity index (χ2n) is 5.10. The van der Waals surface area contributed by atoms with Crippen LogP contribution in [-0.4, -0.2) is 8.80 Å². The zero-order valence-corrected chi connectivity index (χ0v) is 11.9. The summed E-state index contributed by atoms with van der Waals surface area (Å²) in [4.78, 5) is 0. The monoisotopic (exact) mass is 249 g/mol. The number of hydrogen-bond acceptors (Lipinski definition) is 0. The number of benzene rings is 2. The van der Waals surface area contributed by atoms with E-state index in [1.165, 1.54) is 22.3 Å². The molecule has 18 heavy (non-hydrogen) atoms. The van der Waals surface area contributed by atoms with Gasteiger partial charge in [0.05, 0.1) is 8.80 Å². The van der Waals surface area contributed by atoms with Crippen molar-refractivity contribution in [3.05, 3.63) is 71.3 Å². The van der Waals surface area contributed by atoms with E-state index in [1.807, 2.05) is 0 Å². The van der Waals surface area contributed by atoms with Crippen LogP contribution < -0.4 is 0 Å². The minimum atomic E-state index is -0.388. The summed E-state index contributed by atoms with van der Waals surface area (Å²) < 4.78 is 0. The molecule has 0 heterocycles. The first-order valence-corrected chi connectivity index (χ1v) is 9.01. The first-order valence-electron chi connectivity index (χ1n) is 6.43. The lowest BCUT2D eigenvalue weighted by molar-refractivity contribution is 1.21. The maximum atomic E-state index is 2.41. The SMILES string of the molecule is C[Si](C)C1C(c2ccccc2)=Cc2ccccc21. The highest BCUT2D eigenvalue weighted by Gasteiger charge is 2.28. The molecule has 0 amide bonds. The summed E-state index contributed by atoms with van der Waals surface area (Å²) in [7, 11) is -0.388. The van der Waals surface area contributed by atoms with Crippen LogP contribution in [0.5, 0.6) is 0 Å². The van der Waals surface area contributed by atoms with Crippen LogP contribution in [0.25, 0.3) is 11.6 Å². The van der Waals surface area contributed by atoms with Gasteiger partial charge in [-0.1, -0.05) is 73.8 Å². The van der Waals surface area contributed by atoms with Gasteiger partial charge in [0.25, 0.3) is 0 Å². The van der Waals surface area contributed by atoms with Crippen molar-refractivity contribution in [2.24, 2.45) is 0 Å². The summed E-state index contributed by atoms with van der Waals surface area (Å²) in [6.07, 6.45) is 2.38. The molecule has 0 saturated carbocycles. The van der Waals surface area contributed by atoms with Gasteiger partial charge in [0.1, 0.15) is 0 Å². The maximum Gasteiger partial charge on any atom is 0.0556 e. The van der Waals surface area contributed by atoms with E-state index in [-0.39, 0.29) is 8.80 Å². The summed E-state index contributed by atoms with van der Waals surface area (Å²) >= 11 is 0. The van der Waals surface area contributed by atoms with E-state index in [9.17, 15) is 0 Å². The Labute approximate surface area is 111 Å². The van der Waals surface area contributed by atoms with Gasteiger partial charge in [-0.05, 0) is 22.3 Å². The van der Waals surface area contributed by atoms with Gasteiger partial charge in [0.2, 0.25) is 0 Å². The third kappa shape index (κ3) is 1.85. The van der Waals surface area contributed by atoms with Gasteiger partial charge in [-0.2, -0.15) is 0 Å². The van der Waals surface area contributed by atoms with Crippen molar-refractivity contribution in [1.29, 1.82) is 0 Å². The van der Waals surface area contributed by atoms with E-state index in [1.54, 1.807) is 0 Å². The highest BCUT2D eigenvalue weighted by Crippen LogP contribution is 2.43. The minimum Gasteiger partial charge on any atom is -0.0705 e. The number of hydrogen-bond donors (Lipinski definition) is 0. The van der Waals surface area contributed by atoms with E-state index in [2.05, 4.69) is 73.8 Å². The van der Waals surface area contributed by atoms with Gasteiger partial charge < -0.3 is 0 Å². The summed E-state index contributed by atoms with van der Waals surface area (Å²) in [6, 6.07) is 19.7. The smallest absolute Gasteiger partial charge is 0.0556 e. The molecule has 89 valence electrons. The molecule has 0 N–H and O–H groups in total. The van der Waals surface area contributed by atoms with Crippen molar-refractivity contribution < 1.29 is 0 Å². The molecule has 1 aliphatic carbocycles. The molecular formula is C17H17Si. The Morgan fingerprint density at radius 1 is 0.833 bits per heavy atom. The quantitative estimate of drug-likeness (QED) is 0.681. The van der Waals surface area contributed by atoms with Crippen molar-refractivity contribution in [1.82, 2.24) is 0 Å². The third-order valence-corrected chi connectivity index (χ3v) is 5.39. The fraction of sp³-hybridized carbons (Fsp3) is 0.176. The second-order valence-corrected chi connectivity index (χ2v) is 7.84. The van der Waals surface area contributed by atoms with Crippen molar-refractivity contribution in [3.8, 4) is 0 Å². The molecule has 1 heteroatoms. The largest absolute Gasteiger partial charge is 0.0705 e. The highest BCUT2D eigenvalue weighted by atomic mass is 28.3. The van der Waals surface area contributed by atoms with Crippen molar-refractivity contribution in [3.63, 3.8) is 0 Å². The molecule has 0 aliphatic heterocycles. The lowest BCUT2D eigenvalue weighted by Crippen LogP contribution is -2.15. The Morgan fingerprint density at radius 2 is 1.50 bits per heavy atom. The fourth-order valence-corrected chi connectivity index (χ4v) is 4.58. The van der Waals surface area contributed by atoms with Gasteiger partial charge in [-0.15, -0.1) is 0 Å². The first kappa shape index (κ1) is 11.5. The maximum absolute atomic E-state index is 2.41. The molecule has 2 aromatic rings. The summed E-state index contributed by atoms with van der Waals surface area (Å²) in [5.74, 6) is 0. The van der Waals surface area contributed by atoms with E-state index in [4.69, 9.17) is 0 Å². The van der Waals surface area contributed by atoms with Crippen LogP contribution in [0.1, 0.15) is 22.2 Å². The Kier molecular flexibility index (Phi) is 2.92. The average molecular weight is 249 g/mol. The molecule has 3 rings (SSSR count). The van der Waals surface area contributed by atoms with E-state index in [0.29, 0.717) is 5.54 Å². The van der Waals surface area contributed by atoms with Gasteiger partial charge >= 0.3 is 0 Å². The van der Waals surface area contributed by atoms with Crippen LogP contribution in [-0.2, 0) is 0 Å². The molecule has 1 aliphatic rings. The normalized spacial score (nSPS) is 17.7. The van der Waals surface area contributed by atoms with Gasteiger partial charge in [0, 0.05) is 5.54 Å². The number of fused-ring (bicyclic) bond motifs is 1. The first-order chi connectivity index (χ1) is 8.77. The molecule has 0 bridgehead atoms. The van der Waals surface area contributed by atoms with Crippen LogP contribution in [0.3, 0.4) is 0 Å². The third-order valence-electron chi connectivity index (χ3n) is 3.61.